The lowest BCUT2D eigenvalue weighted by atomic mass is 9.87. The number of halogens is 1. The highest BCUT2D eigenvalue weighted by molar-refractivity contribution is 6.30. The molecule has 2 aromatic carbocycles. The molecule has 0 heterocycles. The van der Waals surface area contributed by atoms with E-state index in [-0.39, 0.29) is 6.61 Å². The van der Waals surface area contributed by atoms with Crippen molar-refractivity contribution in [1.82, 2.24) is 5.32 Å². The highest BCUT2D eigenvalue weighted by Gasteiger charge is 2.28. The van der Waals surface area contributed by atoms with Crippen LogP contribution in [-0.2, 0) is 12.1 Å². The molecule has 20 heavy (non-hydrogen) atoms. The molecule has 0 radical (unpaired) electrons. The van der Waals surface area contributed by atoms with Gasteiger partial charge in [0.2, 0.25) is 0 Å². The Morgan fingerprint density at radius 3 is 2.25 bits per heavy atom. The number of nitrogens with one attached hydrogen (secondary N) is 1. The van der Waals surface area contributed by atoms with Crippen LogP contribution in [0.3, 0.4) is 0 Å². The van der Waals surface area contributed by atoms with Crippen LogP contribution in [0.1, 0.15) is 24.5 Å². The first-order valence-electron chi connectivity index (χ1n) is 6.86. The Balaban J connectivity index is 2.19. The van der Waals surface area contributed by atoms with Gasteiger partial charge in [-0.25, -0.2) is 0 Å². The van der Waals surface area contributed by atoms with E-state index in [1.807, 2.05) is 42.5 Å². The monoisotopic (exact) mass is 289 g/mol. The summed E-state index contributed by atoms with van der Waals surface area (Å²) in [7, 11) is 0. The zero-order chi connectivity index (χ0) is 14.4. The van der Waals surface area contributed by atoms with Gasteiger partial charge in [0.1, 0.15) is 0 Å². The molecule has 0 fully saturated rings. The van der Waals surface area contributed by atoms with Crippen LogP contribution in [0, 0.1) is 0 Å². The lowest BCUT2D eigenvalue weighted by molar-refractivity contribution is 0.154. The molecule has 0 aliphatic heterocycles. The zero-order valence-corrected chi connectivity index (χ0v) is 12.4. The van der Waals surface area contributed by atoms with Crippen LogP contribution in [-0.4, -0.2) is 11.7 Å². The molecule has 0 aromatic heterocycles. The summed E-state index contributed by atoms with van der Waals surface area (Å²) in [5.74, 6) is 0. The maximum Gasteiger partial charge on any atom is 0.0669 e. The van der Waals surface area contributed by atoms with Gasteiger partial charge in [-0.3, -0.25) is 0 Å². The van der Waals surface area contributed by atoms with E-state index in [9.17, 15) is 5.11 Å². The van der Waals surface area contributed by atoms with Crippen molar-refractivity contribution in [2.24, 2.45) is 0 Å². The average Bonchev–Trinajstić information content (AvgIpc) is 2.51. The third-order valence-corrected chi connectivity index (χ3v) is 4.00. The second-order valence-electron chi connectivity index (χ2n) is 4.94. The van der Waals surface area contributed by atoms with E-state index >= 15 is 0 Å². The topological polar surface area (TPSA) is 32.3 Å². The van der Waals surface area contributed by atoms with Gasteiger partial charge in [-0.2, -0.15) is 0 Å². The predicted octanol–water partition coefficient (Wildman–Crippen LogP) is 3.73. The molecular formula is C17H20ClNO. The molecular weight excluding hydrogens is 270 g/mol. The van der Waals surface area contributed by atoms with Crippen LogP contribution < -0.4 is 5.32 Å². The lowest BCUT2D eigenvalue weighted by Gasteiger charge is -2.33. The molecule has 0 aliphatic carbocycles. The molecule has 3 heteroatoms. The first-order valence-corrected chi connectivity index (χ1v) is 7.24. The number of benzene rings is 2. The minimum Gasteiger partial charge on any atom is -0.394 e. The molecule has 0 saturated heterocycles. The zero-order valence-electron chi connectivity index (χ0n) is 11.6. The van der Waals surface area contributed by atoms with Gasteiger partial charge >= 0.3 is 0 Å². The van der Waals surface area contributed by atoms with Crippen LogP contribution in [0.25, 0.3) is 0 Å². The summed E-state index contributed by atoms with van der Waals surface area (Å²) in [4.78, 5) is 0. The third kappa shape index (κ3) is 3.40. The third-order valence-electron chi connectivity index (χ3n) is 3.74. The summed E-state index contributed by atoms with van der Waals surface area (Å²) in [6.07, 6.45) is 0.804. The number of aliphatic hydroxyl groups is 1. The van der Waals surface area contributed by atoms with Crippen LogP contribution >= 0.6 is 11.6 Å². The normalized spacial score (nSPS) is 13.9. The van der Waals surface area contributed by atoms with Crippen LogP contribution in [0.2, 0.25) is 5.02 Å². The number of aliphatic hydroxyl groups excluding tert-OH is 1. The second kappa shape index (κ2) is 6.89. The second-order valence-corrected chi connectivity index (χ2v) is 5.38. The van der Waals surface area contributed by atoms with Crippen molar-refractivity contribution < 1.29 is 5.11 Å². The molecule has 2 aromatic rings. The highest BCUT2D eigenvalue weighted by atomic mass is 35.5. The molecule has 0 spiro atoms. The summed E-state index contributed by atoms with van der Waals surface area (Å²) in [5, 5.41) is 14.1. The predicted molar refractivity (Wildman–Crippen MR) is 83.8 cm³/mol. The first-order chi connectivity index (χ1) is 9.70. The molecule has 0 bridgehead atoms. The standard InChI is InChI=1S/C17H20ClNO/c1-2-17(13-20,15-8-10-16(18)11-9-15)19-12-14-6-4-3-5-7-14/h3-11,19-20H,2,12-13H2,1H3. The summed E-state index contributed by atoms with van der Waals surface area (Å²) in [6, 6.07) is 17.9. The van der Waals surface area contributed by atoms with Crippen molar-refractivity contribution in [2.45, 2.75) is 25.4 Å². The molecule has 2 N–H and O–H groups in total. The fourth-order valence-electron chi connectivity index (χ4n) is 2.33. The van der Waals surface area contributed by atoms with Gasteiger partial charge in [0.05, 0.1) is 12.1 Å². The largest absolute Gasteiger partial charge is 0.394 e. The molecule has 1 atom stereocenters. The van der Waals surface area contributed by atoms with Crippen molar-refractivity contribution in [1.29, 1.82) is 0 Å². The summed E-state index contributed by atoms with van der Waals surface area (Å²) < 4.78 is 0. The smallest absolute Gasteiger partial charge is 0.0669 e. The molecule has 0 saturated carbocycles. The Labute approximate surface area is 125 Å². The fourth-order valence-corrected chi connectivity index (χ4v) is 2.45. The van der Waals surface area contributed by atoms with Crippen LogP contribution in [0.4, 0.5) is 0 Å². The number of rotatable bonds is 6. The van der Waals surface area contributed by atoms with Gasteiger partial charge in [0.15, 0.2) is 0 Å². The van der Waals surface area contributed by atoms with Gasteiger partial charge in [0, 0.05) is 11.6 Å². The lowest BCUT2D eigenvalue weighted by Crippen LogP contribution is -2.44. The summed E-state index contributed by atoms with van der Waals surface area (Å²) >= 11 is 5.94. The van der Waals surface area contributed by atoms with E-state index in [1.165, 1.54) is 5.56 Å². The molecule has 106 valence electrons. The minimum absolute atomic E-state index is 0.0535. The Hall–Kier alpha value is -1.35. The molecule has 0 aliphatic rings. The quantitative estimate of drug-likeness (QED) is 0.849. The molecule has 1 unspecified atom stereocenters. The highest BCUT2D eigenvalue weighted by Crippen LogP contribution is 2.26. The van der Waals surface area contributed by atoms with Crippen LogP contribution in [0.15, 0.2) is 54.6 Å². The Bertz CT molecular complexity index is 520. The molecule has 2 rings (SSSR count). The Morgan fingerprint density at radius 1 is 1.05 bits per heavy atom. The molecule has 0 amide bonds. The number of hydrogen-bond donors (Lipinski definition) is 2. The minimum atomic E-state index is -0.430. The van der Waals surface area contributed by atoms with Gasteiger partial charge in [-0.1, -0.05) is 61.0 Å². The van der Waals surface area contributed by atoms with Crippen molar-refractivity contribution in [3.05, 3.63) is 70.7 Å². The van der Waals surface area contributed by atoms with Crippen molar-refractivity contribution in [3.8, 4) is 0 Å². The Morgan fingerprint density at radius 2 is 1.70 bits per heavy atom. The summed E-state index contributed by atoms with van der Waals surface area (Å²) in [6.45, 7) is 2.85. The van der Waals surface area contributed by atoms with Gasteiger partial charge in [-0.15, -0.1) is 0 Å². The molecule has 2 nitrogen and oxygen atoms in total. The van der Waals surface area contributed by atoms with Crippen molar-refractivity contribution >= 4 is 11.6 Å². The van der Waals surface area contributed by atoms with E-state index in [1.54, 1.807) is 0 Å². The van der Waals surface area contributed by atoms with Gasteiger partial charge in [-0.05, 0) is 29.7 Å². The fraction of sp³-hybridized carbons (Fsp3) is 0.294. The van der Waals surface area contributed by atoms with Gasteiger partial charge in [0.25, 0.3) is 0 Å². The van der Waals surface area contributed by atoms with Crippen LogP contribution in [0.5, 0.6) is 0 Å². The summed E-state index contributed by atoms with van der Waals surface area (Å²) in [5.41, 5.74) is 1.83. The maximum atomic E-state index is 9.88. The van der Waals surface area contributed by atoms with E-state index in [0.717, 1.165) is 18.5 Å². The van der Waals surface area contributed by atoms with E-state index in [2.05, 4.69) is 24.4 Å². The van der Waals surface area contributed by atoms with Crippen molar-refractivity contribution in [2.75, 3.05) is 6.61 Å². The Kier molecular flexibility index (Phi) is 5.18. The van der Waals surface area contributed by atoms with E-state index in [0.29, 0.717) is 5.02 Å². The first kappa shape index (κ1) is 15.0. The van der Waals surface area contributed by atoms with Crippen molar-refractivity contribution in [3.63, 3.8) is 0 Å². The van der Waals surface area contributed by atoms with E-state index in [4.69, 9.17) is 11.6 Å². The maximum absolute atomic E-state index is 9.88. The van der Waals surface area contributed by atoms with Gasteiger partial charge < -0.3 is 10.4 Å². The van der Waals surface area contributed by atoms with E-state index < -0.39 is 5.54 Å². The number of hydrogen-bond acceptors (Lipinski definition) is 2. The average molecular weight is 290 g/mol. The SMILES string of the molecule is CCC(CO)(NCc1ccccc1)c1ccc(Cl)cc1.